The summed E-state index contributed by atoms with van der Waals surface area (Å²) in [5.74, 6) is -0.582. The van der Waals surface area contributed by atoms with Gasteiger partial charge in [-0.1, -0.05) is 12.1 Å². The third kappa shape index (κ3) is 2.35. The number of hydrogen-bond acceptors (Lipinski definition) is 5. The minimum Gasteiger partial charge on any atom is -0.504 e. The first kappa shape index (κ1) is 13.6. The molecule has 22 heavy (non-hydrogen) atoms. The van der Waals surface area contributed by atoms with Gasteiger partial charge in [0.15, 0.2) is 11.5 Å². The van der Waals surface area contributed by atoms with Crippen molar-refractivity contribution in [2.75, 3.05) is 0 Å². The summed E-state index contributed by atoms with van der Waals surface area (Å²) < 4.78 is 0.701. The number of fused-ring (bicyclic) bond motifs is 1. The highest BCUT2D eigenvalue weighted by Gasteiger charge is 2.05. The van der Waals surface area contributed by atoms with Crippen molar-refractivity contribution in [3.63, 3.8) is 0 Å². The molecule has 0 aliphatic heterocycles. The van der Waals surface area contributed by atoms with Crippen LogP contribution in [0.1, 0.15) is 5.56 Å². The molecular formula is C15H11N3O4. The maximum absolute atomic E-state index is 12.2. The number of para-hydroxylation sites is 1. The van der Waals surface area contributed by atoms with E-state index in [9.17, 15) is 19.8 Å². The molecule has 0 aliphatic carbocycles. The van der Waals surface area contributed by atoms with E-state index in [1.54, 1.807) is 24.3 Å². The Morgan fingerprint density at radius 2 is 1.82 bits per heavy atom. The number of benzene rings is 2. The number of aromatic hydroxyl groups is 2. The second-order valence-corrected chi connectivity index (χ2v) is 4.59. The van der Waals surface area contributed by atoms with Gasteiger partial charge in [-0.05, 0) is 35.9 Å². The van der Waals surface area contributed by atoms with Crippen LogP contribution in [0.4, 0.5) is 0 Å². The van der Waals surface area contributed by atoms with Crippen LogP contribution in [0.3, 0.4) is 0 Å². The van der Waals surface area contributed by atoms with E-state index in [4.69, 9.17) is 0 Å². The summed E-state index contributed by atoms with van der Waals surface area (Å²) in [7, 11) is 0. The van der Waals surface area contributed by atoms with Crippen molar-refractivity contribution in [3.05, 3.63) is 68.9 Å². The Morgan fingerprint density at radius 1 is 1.05 bits per heavy atom. The lowest BCUT2D eigenvalue weighted by atomic mass is 10.2. The van der Waals surface area contributed by atoms with Crippen LogP contribution < -0.4 is 11.2 Å². The zero-order valence-corrected chi connectivity index (χ0v) is 11.2. The second kappa shape index (κ2) is 5.21. The summed E-state index contributed by atoms with van der Waals surface area (Å²) in [4.78, 5) is 26.7. The van der Waals surface area contributed by atoms with E-state index in [-0.39, 0.29) is 11.5 Å². The van der Waals surface area contributed by atoms with Gasteiger partial charge in [-0.3, -0.25) is 4.79 Å². The smallest absolute Gasteiger partial charge is 0.349 e. The van der Waals surface area contributed by atoms with Gasteiger partial charge in [0.2, 0.25) is 0 Å². The van der Waals surface area contributed by atoms with Crippen molar-refractivity contribution in [1.29, 1.82) is 0 Å². The van der Waals surface area contributed by atoms with Gasteiger partial charge in [-0.2, -0.15) is 5.10 Å². The molecule has 3 rings (SSSR count). The average Bonchev–Trinajstić information content (AvgIpc) is 2.50. The summed E-state index contributed by atoms with van der Waals surface area (Å²) in [5.41, 5.74) is -0.345. The van der Waals surface area contributed by atoms with Crippen molar-refractivity contribution < 1.29 is 10.2 Å². The Balaban J connectivity index is 2.10. The molecule has 0 atom stereocenters. The number of H-pyrrole nitrogens is 1. The Labute approximate surface area is 123 Å². The number of hydrogen-bond donors (Lipinski definition) is 3. The van der Waals surface area contributed by atoms with Crippen molar-refractivity contribution in [1.82, 2.24) is 9.66 Å². The molecule has 0 aliphatic rings. The van der Waals surface area contributed by atoms with E-state index in [1.807, 2.05) is 0 Å². The Kier molecular flexibility index (Phi) is 3.23. The molecule has 0 spiro atoms. The van der Waals surface area contributed by atoms with Crippen molar-refractivity contribution in [3.8, 4) is 11.5 Å². The summed E-state index contributed by atoms with van der Waals surface area (Å²) >= 11 is 0. The first-order valence-electron chi connectivity index (χ1n) is 6.36. The molecule has 3 aromatic rings. The zero-order valence-electron chi connectivity index (χ0n) is 11.2. The number of nitrogens with one attached hydrogen (secondary N) is 1. The molecule has 7 nitrogen and oxygen atoms in total. The molecule has 0 saturated carbocycles. The third-order valence-electron chi connectivity index (χ3n) is 3.11. The quantitative estimate of drug-likeness (QED) is 0.484. The molecule has 7 heteroatoms. The highest BCUT2D eigenvalue weighted by Crippen LogP contribution is 2.23. The summed E-state index contributed by atoms with van der Waals surface area (Å²) in [5, 5.41) is 22.8. The largest absolute Gasteiger partial charge is 0.504 e. The lowest BCUT2D eigenvalue weighted by Crippen LogP contribution is -2.32. The molecule has 2 aromatic carbocycles. The van der Waals surface area contributed by atoms with E-state index >= 15 is 0 Å². The van der Waals surface area contributed by atoms with Crippen LogP contribution in [0.5, 0.6) is 11.5 Å². The van der Waals surface area contributed by atoms with Gasteiger partial charge in [-0.25, -0.2) is 4.79 Å². The van der Waals surface area contributed by atoms with Gasteiger partial charge < -0.3 is 15.2 Å². The van der Waals surface area contributed by atoms with Crippen molar-refractivity contribution >= 4 is 17.1 Å². The Hall–Kier alpha value is -3.35. The highest BCUT2D eigenvalue weighted by molar-refractivity contribution is 5.81. The number of rotatable bonds is 2. The summed E-state index contributed by atoms with van der Waals surface area (Å²) in [6.07, 6.45) is 1.24. The van der Waals surface area contributed by atoms with Gasteiger partial charge in [0, 0.05) is 0 Å². The lowest BCUT2D eigenvalue weighted by molar-refractivity contribution is 0.403. The normalized spacial score (nSPS) is 11.3. The predicted octanol–water partition coefficient (Wildman–Crippen LogP) is 0.983. The molecule has 3 N–H and O–H groups in total. The van der Waals surface area contributed by atoms with Crippen LogP contribution in [0.15, 0.2) is 57.2 Å². The van der Waals surface area contributed by atoms with Crippen LogP contribution in [0, 0.1) is 0 Å². The third-order valence-corrected chi connectivity index (χ3v) is 3.11. The fourth-order valence-electron chi connectivity index (χ4n) is 2.00. The second-order valence-electron chi connectivity index (χ2n) is 4.59. The zero-order chi connectivity index (χ0) is 15.7. The first-order valence-corrected chi connectivity index (χ1v) is 6.36. The maximum Gasteiger partial charge on any atom is 0.349 e. The van der Waals surface area contributed by atoms with Gasteiger partial charge in [0.25, 0.3) is 5.56 Å². The fraction of sp³-hybridized carbons (Fsp3) is 0. The molecule has 0 fully saturated rings. The van der Waals surface area contributed by atoms with Crippen LogP contribution in [0.2, 0.25) is 0 Å². The SMILES string of the molecule is O=c1[nH]c2ccccc2c(=O)n1/N=C/c1ccc(O)c(O)c1. The Bertz CT molecular complexity index is 1000. The molecule has 0 amide bonds. The van der Waals surface area contributed by atoms with E-state index in [0.29, 0.717) is 21.1 Å². The molecular weight excluding hydrogens is 286 g/mol. The van der Waals surface area contributed by atoms with Gasteiger partial charge in [0.05, 0.1) is 17.1 Å². The highest BCUT2D eigenvalue weighted by atomic mass is 16.3. The van der Waals surface area contributed by atoms with E-state index in [0.717, 1.165) is 0 Å². The minimum atomic E-state index is -0.664. The number of nitrogens with zero attached hydrogens (tertiary/aromatic N) is 2. The van der Waals surface area contributed by atoms with Crippen LogP contribution in [-0.2, 0) is 0 Å². The lowest BCUT2D eigenvalue weighted by Gasteiger charge is -2.01. The average molecular weight is 297 g/mol. The molecule has 0 radical (unpaired) electrons. The van der Waals surface area contributed by atoms with Gasteiger partial charge in [-0.15, -0.1) is 4.68 Å². The standard InChI is InChI=1S/C15H11N3O4/c19-12-6-5-9(7-13(12)20)8-16-18-14(21)10-3-1-2-4-11(10)17-15(18)22/h1-8,19-20H,(H,17,22)/b16-8+. The fourth-order valence-corrected chi connectivity index (χ4v) is 2.00. The van der Waals surface area contributed by atoms with Crippen LogP contribution >= 0.6 is 0 Å². The van der Waals surface area contributed by atoms with Crippen LogP contribution in [0.25, 0.3) is 10.9 Å². The minimum absolute atomic E-state index is 0.266. The van der Waals surface area contributed by atoms with Gasteiger partial charge >= 0.3 is 5.69 Å². The number of aromatic amines is 1. The molecule has 0 unspecified atom stereocenters. The first-order chi connectivity index (χ1) is 10.6. The van der Waals surface area contributed by atoms with E-state index < -0.39 is 11.2 Å². The number of aromatic nitrogens is 2. The van der Waals surface area contributed by atoms with Crippen molar-refractivity contribution in [2.45, 2.75) is 0 Å². The summed E-state index contributed by atoms with van der Waals surface area (Å²) in [6, 6.07) is 10.6. The van der Waals surface area contributed by atoms with Crippen molar-refractivity contribution in [2.24, 2.45) is 5.10 Å². The topological polar surface area (TPSA) is 108 Å². The molecule has 0 saturated heterocycles. The number of phenolic OH excluding ortho intramolecular Hbond substituents is 2. The molecule has 1 aromatic heterocycles. The van der Waals surface area contributed by atoms with E-state index in [1.165, 1.54) is 24.4 Å². The maximum atomic E-state index is 12.2. The number of phenols is 2. The summed E-state index contributed by atoms with van der Waals surface area (Å²) in [6.45, 7) is 0. The molecule has 0 bridgehead atoms. The van der Waals surface area contributed by atoms with Crippen LogP contribution in [-0.4, -0.2) is 26.1 Å². The monoisotopic (exact) mass is 297 g/mol. The molecule has 1 heterocycles. The van der Waals surface area contributed by atoms with E-state index in [2.05, 4.69) is 10.1 Å². The van der Waals surface area contributed by atoms with Gasteiger partial charge in [0.1, 0.15) is 0 Å². The Morgan fingerprint density at radius 3 is 2.59 bits per heavy atom. The molecule has 110 valence electrons. The predicted molar refractivity (Wildman–Crippen MR) is 81.6 cm³/mol.